The smallest absolute Gasteiger partial charge is 0.109 e. The standard InChI is InChI=1S/C10H11BrN2/c1-6(2)10-12-8-4-3-7(11)5-9(8)13-10/h3-6H,1-2H3,(H,12,13). The van der Waals surface area contributed by atoms with Crippen molar-refractivity contribution in [2.24, 2.45) is 0 Å². The lowest BCUT2D eigenvalue weighted by molar-refractivity contribution is 0.799. The molecule has 3 heteroatoms. The van der Waals surface area contributed by atoms with Crippen molar-refractivity contribution in [3.63, 3.8) is 0 Å². The van der Waals surface area contributed by atoms with Crippen LogP contribution in [0, 0.1) is 0 Å². The highest BCUT2D eigenvalue weighted by atomic mass is 79.9. The molecule has 1 aromatic carbocycles. The summed E-state index contributed by atoms with van der Waals surface area (Å²) >= 11 is 3.42. The summed E-state index contributed by atoms with van der Waals surface area (Å²) in [6.07, 6.45) is 0. The summed E-state index contributed by atoms with van der Waals surface area (Å²) in [6, 6.07) is 6.08. The highest BCUT2D eigenvalue weighted by Gasteiger charge is 2.05. The van der Waals surface area contributed by atoms with E-state index in [9.17, 15) is 0 Å². The van der Waals surface area contributed by atoms with Gasteiger partial charge in [0, 0.05) is 10.4 Å². The topological polar surface area (TPSA) is 28.7 Å². The minimum absolute atomic E-state index is 0.450. The van der Waals surface area contributed by atoms with Crippen LogP contribution in [0.4, 0.5) is 0 Å². The summed E-state index contributed by atoms with van der Waals surface area (Å²) in [5.74, 6) is 1.50. The van der Waals surface area contributed by atoms with Crippen molar-refractivity contribution in [1.82, 2.24) is 9.97 Å². The number of benzene rings is 1. The molecule has 0 amide bonds. The molecular weight excluding hydrogens is 228 g/mol. The van der Waals surface area contributed by atoms with Crippen molar-refractivity contribution >= 4 is 27.0 Å². The summed E-state index contributed by atoms with van der Waals surface area (Å²) in [4.78, 5) is 7.78. The van der Waals surface area contributed by atoms with E-state index in [1.165, 1.54) is 0 Å². The quantitative estimate of drug-likeness (QED) is 0.811. The van der Waals surface area contributed by atoms with Crippen LogP contribution in [0.15, 0.2) is 22.7 Å². The average Bonchev–Trinajstić information content (AvgIpc) is 2.46. The summed E-state index contributed by atoms with van der Waals surface area (Å²) < 4.78 is 1.07. The molecule has 2 rings (SSSR count). The van der Waals surface area contributed by atoms with Gasteiger partial charge in [-0.1, -0.05) is 29.8 Å². The van der Waals surface area contributed by atoms with E-state index in [4.69, 9.17) is 0 Å². The molecule has 1 heterocycles. The number of nitrogens with one attached hydrogen (secondary N) is 1. The van der Waals surface area contributed by atoms with Crippen LogP contribution in [0.3, 0.4) is 0 Å². The number of rotatable bonds is 1. The number of nitrogens with zero attached hydrogens (tertiary/aromatic N) is 1. The van der Waals surface area contributed by atoms with Gasteiger partial charge in [-0.3, -0.25) is 0 Å². The Kier molecular flexibility index (Phi) is 2.12. The first-order valence-electron chi connectivity index (χ1n) is 4.32. The first kappa shape index (κ1) is 8.75. The number of imidazole rings is 1. The minimum Gasteiger partial charge on any atom is -0.342 e. The zero-order valence-electron chi connectivity index (χ0n) is 7.63. The summed E-state index contributed by atoms with van der Waals surface area (Å²) in [7, 11) is 0. The molecule has 0 atom stereocenters. The molecule has 2 nitrogen and oxygen atoms in total. The Balaban J connectivity index is 2.62. The molecule has 0 aliphatic carbocycles. The SMILES string of the molecule is CC(C)c1nc2cc(Br)ccc2[nH]1. The Labute approximate surface area is 85.5 Å². The summed E-state index contributed by atoms with van der Waals surface area (Å²) in [5.41, 5.74) is 2.13. The maximum absolute atomic E-state index is 4.49. The average molecular weight is 239 g/mol. The molecule has 0 saturated carbocycles. The highest BCUT2D eigenvalue weighted by molar-refractivity contribution is 9.10. The molecule has 0 bridgehead atoms. The number of H-pyrrole nitrogens is 1. The van der Waals surface area contributed by atoms with Crippen LogP contribution in [-0.4, -0.2) is 9.97 Å². The third-order valence-electron chi connectivity index (χ3n) is 2.01. The lowest BCUT2D eigenvalue weighted by Crippen LogP contribution is -1.88. The number of aromatic nitrogens is 2. The Morgan fingerprint density at radius 3 is 2.85 bits per heavy atom. The second kappa shape index (κ2) is 3.14. The van der Waals surface area contributed by atoms with E-state index in [1.54, 1.807) is 0 Å². The molecule has 0 fully saturated rings. The van der Waals surface area contributed by atoms with Crippen LogP contribution in [0.2, 0.25) is 0 Å². The van der Waals surface area contributed by atoms with Gasteiger partial charge in [-0.05, 0) is 18.2 Å². The van der Waals surface area contributed by atoms with E-state index < -0.39 is 0 Å². The van der Waals surface area contributed by atoms with Gasteiger partial charge in [-0.25, -0.2) is 4.98 Å². The third kappa shape index (κ3) is 1.61. The number of aromatic amines is 1. The first-order valence-corrected chi connectivity index (χ1v) is 5.11. The molecular formula is C10H11BrN2. The van der Waals surface area contributed by atoms with Crippen molar-refractivity contribution < 1.29 is 0 Å². The van der Waals surface area contributed by atoms with Crippen LogP contribution in [-0.2, 0) is 0 Å². The summed E-state index contributed by atoms with van der Waals surface area (Å²) in [6.45, 7) is 4.26. The van der Waals surface area contributed by atoms with Gasteiger partial charge in [0.15, 0.2) is 0 Å². The Morgan fingerprint density at radius 2 is 2.15 bits per heavy atom. The fourth-order valence-electron chi connectivity index (χ4n) is 1.27. The van der Waals surface area contributed by atoms with Crippen LogP contribution in [0.5, 0.6) is 0 Å². The van der Waals surface area contributed by atoms with Gasteiger partial charge in [-0.2, -0.15) is 0 Å². The van der Waals surface area contributed by atoms with E-state index in [0.717, 1.165) is 21.3 Å². The fourth-order valence-corrected chi connectivity index (χ4v) is 1.62. The number of fused-ring (bicyclic) bond motifs is 1. The molecule has 0 radical (unpaired) electrons. The molecule has 0 unspecified atom stereocenters. The van der Waals surface area contributed by atoms with Crippen molar-refractivity contribution in [3.05, 3.63) is 28.5 Å². The van der Waals surface area contributed by atoms with Gasteiger partial charge in [0.2, 0.25) is 0 Å². The Morgan fingerprint density at radius 1 is 1.38 bits per heavy atom. The molecule has 0 aliphatic heterocycles. The van der Waals surface area contributed by atoms with Gasteiger partial charge in [0.05, 0.1) is 11.0 Å². The Bertz CT molecular complexity index is 431. The zero-order chi connectivity index (χ0) is 9.42. The van der Waals surface area contributed by atoms with E-state index in [-0.39, 0.29) is 0 Å². The van der Waals surface area contributed by atoms with Gasteiger partial charge in [-0.15, -0.1) is 0 Å². The normalized spacial score (nSPS) is 11.4. The molecule has 2 aromatic rings. The largest absolute Gasteiger partial charge is 0.342 e. The van der Waals surface area contributed by atoms with Crippen molar-refractivity contribution in [1.29, 1.82) is 0 Å². The van der Waals surface area contributed by atoms with Crippen LogP contribution >= 0.6 is 15.9 Å². The van der Waals surface area contributed by atoms with Gasteiger partial charge < -0.3 is 4.98 Å². The molecule has 0 spiro atoms. The molecule has 68 valence electrons. The second-order valence-electron chi connectivity index (χ2n) is 3.44. The molecule has 0 aliphatic rings. The minimum atomic E-state index is 0.450. The van der Waals surface area contributed by atoms with Crippen molar-refractivity contribution in [2.45, 2.75) is 19.8 Å². The number of hydrogen-bond acceptors (Lipinski definition) is 1. The zero-order valence-corrected chi connectivity index (χ0v) is 9.22. The van der Waals surface area contributed by atoms with Gasteiger partial charge >= 0.3 is 0 Å². The summed E-state index contributed by atoms with van der Waals surface area (Å²) in [5, 5.41) is 0. The molecule has 1 aromatic heterocycles. The van der Waals surface area contributed by atoms with E-state index in [0.29, 0.717) is 5.92 Å². The third-order valence-corrected chi connectivity index (χ3v) is 2.50. The first-order chi connectivity index (χ1) is 6.16. The lowest BCUT2D eigenvalue weighted by atomic mass is 10.2. The maximum atomic E-state index is 4.49. The highest BCUT2D eigenvalue weighted by Crippen LogP contribution is 2.20. The monoisotopic (exact) mass is 238 g/mol. The van der Waals surface area contributed by atoms with E-state index in [2.05, 4.69) is 39.7 Å². The maximum Gasteiger partial charge on any atom is 0.109 e. The number of halogens is 1. The molecule has 13 heavy (non-hydrogen) atoms. The van der Waals surface area contributed by atoms with Crippen LogP contribution in [0.25, 0.3) is 11.0 Å². The predicted molar refractivity (Wildman–Crippen MR) is 57.9 cm³/mol. The lowest BCUT2D eigenvalue weighted by Gasteiger charge is -1.95. The molecule has 0 saturated heterocycles. The Hall–Kier alpha value is -0.830. The van der Waals surface area contributed by atoms with Crippen LogP contribution < -0.4 is 0 Å². The molecule has 1 N–H and O–H groups in total. The van der Waals surface area contributed by atoms with Crippen LogP contribution in [0.1, 0.15) is 25.6 Å². The van der Waals surface area contributed by atoms with Gasteiger partial charge in [0.25, 0.3) is 0 Å². The van der Waals surface area contributed by atoms with Gasteiger partial charge in [0.1, 0.15) is 5.82 Å². The second-order valence-corrected chi connectivity index (χ2v) is 4.35. The van der Waals surface area contributed by atoms with Crippen molar-refractivity contribution in [2.75, 3.05) is 0 Å². The predicted octanol–water partition coefficient (Wildman–Crippen LogP) is 3.45. The van der Waals surface area contributed by atoms with E-state index in [1.807, 2.05) is 18.2 Å². The fraction of sp³-hybridized carbons (Fsp3) is 0.300. The van der Waals surface area contributed by atoms with Crippen molar-refractivity contribution in [3.8, 4) is 0 Å². The number of hydrogen-bond donors (Lipinski definition) is 1. The van der Waals surface area contributed by atoms with E-state index >= 15 is 0 Å².